The molecule has 1 atom stereocenters. The van der Waals surface area contributed by atoms with Crippen LogP contribution in [0.2, 0.25) is 0 Å². The first kappa shape index (κ1) is 13.4. The first-order chi connectivity index (χ1) is 9.06. The van der Waals surface area contributed by atoms with Crippen molar-refractivity contribution in [3.8, 4) is 5.75 Å². The van der Waals surface area contributed by atoms with Gasteiger partial charge in [0.05, 0.1) is 0 Å². The van der Waals surface area contributed by atoms with Gasteiger partial charge in [-0.15, -0.1) is 0 Å². The molecule has 1 amide bonds. The molecule has 1 aliphatic rings. The number of esters is 1. The number of rotatable bonds is 3. The van der Waals surface area contributed by atoms with Gasteiger partial charge in [-0.3, -0.25) is 0 Å². The highest BCUT2D eigenvalue weighted by atomic mass is 16.6. The molecule has 6 nitrogen and oxygen atoms in total. The van der Waals surface area contributed by atoms with Crippen molar-refractivity contribution >= 4 is 12.1 Å². The minimum absolute atomic E-state index is 0.146. The van der Waals surface area contributed by atoms with Gasteiger partial charge in [0.2, 0.25) is 0 Å². The van der Waals surface area contributed by atoms with Crippen LogP contribution in [0.3, 0.4) is 0 Å². The summed E-state index contributed by atoms with van der Waals surface area (Å²) in [7, 11) is 0. The van der Waals surface area contributed by atoms with Gasteiger partial charge in [0.1, 0.15) is 11.8 Å². The number of ether oxygens (including phenoxy) is 1. The lowest BCUT2D eigenvalue weighted by molar-refractivity contribution is -0.140. The van der Waals surface area contributed by atoms with E-state index >= 15 is 0 Å². The number of nitrogens with zero attached hydrogens (tertiary/aromatic N) is 1. The molecule has 0 unspecified atom stereocenters. The molecule has 2 rings (SSSR count). The molecule has 0 radical (unpaired) electrons. The average Bonchev–Trinajstić information content (AvgIpc) is 2.29. The van der Waals surface area contributed by atoms with E-state index in [0.29, 0.717) is 13.1 Å². The zero-order valence-electron chi connectivity index (χ0n) is 10.4. The molecular formula is C13H16N2O4. The van der Waals surface area contributed by atoms with E-state index in [4.69, 9.17) is 10.8 Å². The standard InChI is InChI=1S/C13H16N2O4/c14-11(8-9-2-4-10(16)5-3-9)12(17)19-13(18)15-6-1-7-15/h2-5,11,16H,1,6-8,14H2/t11-/m0/s1. The molecule has 3 N–H and O–H groups in total. The van der Waals surface area contributed by atoms with Crippen molar-refractivity contribution in [1.29, 1.82) is 0 Å². The Hall–Kier alpha value is -2.08. The Morgan fingerprint density at radius 3 is 2.47 bits per heavy atom. The number of amides is 1. The molecule has 6 heteroatoms. The Balaban J connectivity index is 1.84. The Bertz CT molecular complexity index is 468. The third kappa shape index (κ3) is 3.45. The Morgan fingerprint density at radius 2 is 1.95 bits per heavy atom. The predicted molar refractivity (Wildman–Crippen MR) is 67.5 cm³/mol. The van der Waals surface area contributed by atoms with E-state index in [1.165, 1.54) is 17.0 Å². The first-order valence-corrected chi connectivity index (χ1v) is 6.10. The summed E-state index contributed by atoms with van der Waals surface area (Å²) in [5.74, 6) is -0.585. The highest BCUT2D eigenvalue weighted by molar-refractivity contribution is 5.88. The lowest BCUT2D eigenvalue weighted by atomic mass is 10.1. The minimum Gasteiger partial charge on any atom is -0.508 e. The highest BCUT2D eigenvalue weighted by Crippen LogP contribution is 2.12. The molecule has 19 heavy (non-hydrogen) atoms. The van der Waals surface area contributed by atoms with Gasteiger partial charge in [-0.25, -0.2) is 9.59 Å². The Morgan fingerprint density at radius 1 is 1.32 bits per heavy atom. The van der Waals surface area contributed by atoms with Gasteiger partial charge in [-0.2, -0.15) is 0 Å². The monoisotopic (exact) mass is 264 g/mol. The van der Waals surface area contributed by atoms with Crippen LogP contribution in [-0.2, 0) is 16.0 Å². The van der Waals surface area contributed by atoms with Crippen molar-refractivity contribution in [2.45, 2.75) is 18.9 Å². The van der Waals surface area contributed by atoms with Crippen LogP contribution in [0.25, 0.3) is 0 Å². The maximum atomic E-state index is 11.6. The number of phenols is 1. The van der Waals surface area contributed by atoms with E-state index in [1.807, 2.05) is 0 Å². The molecule has 1 aromatic carbocycles. The molecular weight excluding hydrogens is 248 g/mol. The SMILES string of the molecule is N[C@@H](Cc1ccc(O)cc1)C(=O)OC(=O)N1CCC1. The quantitative estimate of drug-likeness (QED) is 0.617. The molecule has 0 bridgehead atoms. The summed E-state index contributed by atoms with van der Waals surface area (Å²) < 4.78 is 4.69. The number of nitrogens with two attached hydrogens (primary N) is 1. The summed E-state index contributed by atoms with van der Waals surface area (Å²) >= 11 is 0. The zero-order chi connectivity index (χ0) is 13.8. The van der Waals surface area contributed by atoms with Crippen molar-refractivity contribution in [2.24, 2.45) is 5.73 Å². The summed E-state index contributed by atoms with van der Waals surface area (Å²) in [4.78, 5) is 24.5. The van der Waals surface area contributed by atoms with Crippen LogP contribution in [0.1, 0.15) is 12.0 Å². The molecule has 0 aromatic heterocycles. The van der Waals surface area contributed by atoms with Crippen LogP contribution in [0.4, 0.5) is 4.79 Å². The van der Waals surface area contributed by atoms with Crippen LogP contribution in [0.15, 0.2) is 24.3 Å². The fraction of sp³-hybridized carbons (Fsp3) is 0.385. The number of likely N-dealkylation sites (tertiary alicyclic amines) is 1. The number of hydrogen-bond acceptors (Lipinski definition) is 5. The number of aromatic hydroxyl groups is 1. The lowest BCUT2D eigenvalue weighted by Crippen LogP contribution is -2.45. The Kier molecular flexibility index (Phi) is 4.01. The zero-order valence-corrected chi connectivity index (χ0v) is 10.4. The molecule has 1 heterocycles. The van der Waals surface area contributed by atoms with Gasteiger partial charge < -0.3 is 20.5 Å². The largest absolute Gasteiger partial charge is 0.508 e. The van der Waals surface area contributed by atoms with E-state index in [1.54, 1.807) is 12.1 Å². The normalized spacial score (nSPS) is 15.5. The van der Waals surface area contributed by atoms with Crippen molar-refractivity contribution in [3.05, 3.63) is 29.8 Å². The second kappa shape index (κ2) is 5.71. The topological polar surface area (TPSA) is 92.9 Å². The van der Waals surface area contributed by atoms with Gasteiger partial charge >= 0.3 is 12.1 Å². The Labute approximate surface area is 110 Å². The molecule has 1 aromatic rings. The van der Waals surface area contributed by atoms with Crippen LogP contribution < -0.4 is 5.73 Å². The van der Waals surface area contributed by atoms with E-state index in [0.717, 1.165) is 12.0 Å². The smallest absolute Gasteiger partial charge is 0.417 e. The van der Waals surface area contributed by atoms with Gasteiger partial charge in [0.25, 0.3) is 0 Å². The van der Waals surface area contributed by atoms with Crippen molar-refractivity contribution < 1.29 is 19.4 Å². The summed E-state index contributed by atoms with van der Waals surface area (Å²) in [5, 5.41) is 9.14. The lowest BCUT2D eigenvalue weighted by Gasteiger charge is -2.29. The molecule has 1 fully saturated rings. The van der Waals surface area contributed by atoms with Gasteiger partial charge in [0.15, 0.2) is 0 Å². The fourth-order valence-corrected chi connectivity index (χ4v) is 1.69. The molecule has 1 saturated heterocycles. The number of hydrogen-bond donors (Lipinski definition) is 2. The van der Waals surface area contributed by atoms with Crippen LogP contribution >= 0.6 is 0 Å². The van der Waals surface area contributed by atoms with Gasteiger partial charge in [-0.05, 0) is 30.5 Å². The van der Waals surface area contributed by atoms with E-state index < -0.39 is 18.1 Å². The van der Waals surface area contributed by atoms with E-state index in [2.05, 4.69) is 4.74 Å². The maximum absolute atomic E-state index is 11.6. The van der Waals surface area contributed by atoms with E-state index in [9.17, 15) is 9.59 Å². The van der Waals surface area contributed by atoms with Crippen molar-refractivity contribution in [1.82, 2.24) is 4.90 Å². The van der Waals surface area contributed by atoms with Crippen molar-refractivity contribution in [3.63, 3.8) is 0 Å². The van der Waals surface area contributed by atoms with Crippen molar-refractivity contribution in [2.75, 3.05) is 13.1 Å². The number of carbonyl (C=O) groups is 2. The summed E-state index contributed by atoms with van der Waals surface area (Å²) in [6.07, 6.45) is 0.562. The summed E-state index contributed by atoms with van der Waals surface area (Å²) in [6, 6.07) is 5.46. The highest BCUT2D eigenvalue weighted by Gasteiger charge is 2.26. The molecule has 0 aliphatic carbocycles. The molecule has 0 saturated carbocycles. The number of phenolic OH excluding ortho intramolecular Hbond substituents is 1. The van der Waals surface area contributed by atoms with E-state index in [-0.39, 0.29) is 12.2 Å². The summed E-state index contributed by atoms with van der Waals surface area (Å²) in [6.45, 7) is 1.25. The maximum Gasteiger partial charge on any atom is 0.417 e. The van der Waals surface area contributed by atoms with Crippen LogP contribution in [-0.4, -0.2) is 41.2 Å². The third-order valence-corrected chi connectivity index (χ3v) is 3.00. The first-order valence-electron chi connectivity index (χ1n) is 6.10. The second-order valence-electron chi connectivity index (χ2n) is 4.50. The summed E-state index contributed by atoms with van der Waals surface area (Å²) in [5.41, 5.74) is 6.48. The average molecular weight is 264 g/mol. The van der Waals surface area contributed by atoms with Crippen LogP contribution in [0.5, 0.6) is 5.75 Å². The van der Waals surface area contributed by atoms with Gasteiger partial charge in [0, 0.05) is 13.1 Å². The van der Waals surface area contributed by atoms with Crippen LogP contribution in [0, 0.1) is 0 Å². The third-order valence-electron chi connectivity index (χ3n) is 3.00. The molecule has 102 valence electrons. The molecule has 0 spiro atoms. The predicted octanol–water partition coefficient (Wildman–Crippen LogP) is 0.631. The minimum atomic E-state index is -0.894. The number of carbonyl (C=O) groups excluding carboxylic acids is 2. The fourth-order valence-electron chi connectivity index (χ4n) is 1.69. The van der Waals surface area contributed by atoms with Gasteiger partial charge in [-0.1, -0.05) is 12.1 Å². The second-order valence-corrected chi connectivity index (χ2v) is 4.50. The molecule has 1 aliphatic heterocycles. The number of benzene rings is 1.